The van der Waals surface area contributed by atoms with Crippen molar-refractivity contribution in [1.29, 1.82) is 0 Å². The number of anilines is 2. The highest BCUT2D eigenvalue weighted by atomic mass is 16.5. The maximum atomic E-state index is 11.8. The van der Waals surface area contributed by atoms with Gasteiger partial charge in [-0.3, -0.25) is 4.79 Å². The van der Waals surface area contributed by atoms with Gasteiger partial charge in [-0.2, -0.15) is 4.98 Å². The highest BCUT2D eigenvalue weighted by molar-refractivity contribution is 5.95. The van der Waals surface area contributed by atoms with Crippen molar-refractivity contribution in [1.82, 2.24) is 10.1 Å². The van der Waals surface area contributed by atoms with Crippen LogP contribution in [0.1, 0.15) is 25.7 Å². The van der Waals surface area contributed by atoms with Gasteiger partial charge in [0, 0.05) is 29.9 Å². The molecule has 28 heavy (non-hydrogen) atoms. The highest BCUT2D eigenvalue weighted by Crippen LogP contribution is 2.24. The number of ether oxygens (including phenoxy) is 1. The Kier molecular flexibility index (Phi) is 5.23. The molecule has 7 heteroatoms. The normalized spacial score (nSPS) is 13.8. The maximum Gasteiger partial charge on any atom is 0.246 e. The standard InChI is InChI=1S/C21H22N4O3/c1-2-27-18-11-5-15(6-12-18)21-23-19(28-24-21)14-22-16-7-9-17(10-8-16)25-13-3-4-20(25)26/h5-12,22H,2-4,13-14H2,1H3. The predicted octanol–water partition coefficient (Wildman–Crippen LogP) is 3.87. The van der Waals surface area contributed by atoms with E-state index in [4.69, 9.17) is 9.26 Å². The average molecular weight is 378 g/mol. The minimum atomic E-state index is 0.188. The number of rotatable bonds is 7. The smallest absolute Gasteiger partial charge is 0.246 e. The van der Waals surface area contributed by atoms with Crippen LogP contribution in [0, 0.1) is 0 Å². The summed E-state index contributed by atoms with van der Waals surface area (Å²) in [6.45, 7) is 3.80. The average Bonchev–Trinajstić information content (AvgIpc) is 3.37. The minimum absolute atomic E-state index is 0.188. The van der Waals surface area contributed by atoms with Crippen LogP contribution < -0.4 is 15.0 Å². The summed E-state index contributed by atoms with van der Waals surface area (Å²) < 4.78 is 10.8. The Morgan fingerprint density at radius 2 is 1.93 bits per heavy atom. The number of hydrogen-bond donors (Lipinski definition) is 1. The van der Waals surface area contributed by atoms with Crippen molar-refractivity contribution in [3.05, 3.63) is 54.4 Å². The van der Waals surface area contributed by atoms with Gasteiger partial charge in [0.05, 0.1) is 13.2 Å². The molecule has 2 heterocycles. The Hall–Kier alpha value is -3.35. The first-order valence-electron chi connectivity index (χ1n) is 9.43. The van der Waals surface area contributed by atoms with Crippen molar-refractivity contribution >= 4 is 17.3 Å². The molecule has 4 rings (SSSR count). The quantitative estimate of drug-likeness (QED) is 0.672. The van der Waals surface area contributed by atoms with E-state index < -0.39 is 0 Å². The van der Waals surface area contributed by atoms with E-state index >= 15 is 0 Å². The highest BCUT2D eigenvalue weighted by Gasteiger charge is 2.21. The first kappa shape index (κ1) is 18.0. The van der Waals surface area contributed by atoms with E-state index in [1.807, 2.05) is 60.4 Å². The molecule has 0 saturated carbocycles. The van der Waals surface area contributed by atoms with E-state index in [0.717, 1.165) is 35.7 Å². The molecule has 1 aliphatic heterocycles. The predicted molar refractivity (Wildman–Crippen MR) is 106 cm³/mol. The minimum Gasteiger partial charge on any atom is -0.494 e. The van der Waals surface area contributed by atoms with Crippen LogP contribution in [-0.2, 0) is 11.3 Å². The topological polar surface area (TPSA) is 80.5 Å². The number of benzene rings is 2. The maximum absolute atomic E-state index is 11.8. The molecule has 1 aromatic heterocycles. The molecule has 3 aromatic rings. The number of carbonyl (C=O) groups is 1. The van der Waals surface area contributed by atoms with Crippen LogP contribution in [0.3, 0.4) is 0 Å². The van der Waals surface area contributed by atoms with E-state index in [1.165, 1.54) is 0 Å². The third kappa shape index (κ3) is 3.98. The van der Waals surface area contributed by atoms with Crippen LogP contribution in [0.15, 0.2) is 53.1 Å². The summed E-state index contributed by atoms with van der Waals surface area (Å²) in [6.07, 6.45) is 1.56. The Morgan fingerprint density at radius 1 is 1.14 bits per heavy atom. The Bertz CT molecular complexity index is 935. The number of carbonyl (C=O) groups excluding carboxylic acids is 1. The van der Waals surface area contributed by atoms with Crippen LogP contribution in [0.2, 0.25) is 0 Å². The van der Waals surface area contributed by atoms with E-state index in [1.54, 1.807) is 0 Å². The zero-order valence-electron chi connectivity index (χ0n) is 15.7. The fraction of sp³-hybridized carbons (Fsp3) is 0.286. The van der Waals surface area contributed by atoms with Crippen molar-refractivity contribution < 1.29 is 14.1 Å². The molecule has 2 aromatic carbocycles. The summed E-state index contributed by atoms with van der Waals surface area (Å²) in [7, 11) is 0. The van der Waals surface area contributed by atoms with E-state index in [2.05, 4.69) is 15.5 Å². The van der Waals surface area contributed by atoms with Crippen molar-refractivity contribution in [2.45, 2.75) is 26.3 Å². The molecule has 1 N–H and O–H groups in total. The molecule has 1 aliphatic rings. The molecule has 1 amide bonds. The molecule has 7 nitrogen and oxygen atoms in total. The van der Waals surface area contributed by atoms with Crippen molar-refractivity contribution in [3.63, 3.8) is 0 Å². The van der Waals surface area contributed by atoms with Crippen LogP contribution >= 0.6 is 0 Å². The van der Waals surface area contributed by atoms with Crippen LogP contribution in [-0.4, -0.2) is 29.2 Å². The number of hydrogen-bond acceptors (Lipinski definition) is 6. The van der Waals surface area contributed by atoms with Gasteiger partial charge in [0.1, 0.15) is 5.75 Å². The number of amides is 1. The molecular formula is C21H22N4O3. The van der Waals surface area contributed by atoms with Crippen LogP contribution in [0.4, 0.5) is 11.4 Å². The summed E-state index contributed by atoms with van der Waals surface area (Å²) >= 11 is 0. The number of aromatic nitrogens is 2. The lowest BCUT2D eigenvalue weighted by Crippen LogP contribution is -2.23. The zero-order valence-corrected chi connectivity index (χ0v) is 15.7. The molecule has 0 aliphatic carbocycles. The molecule has 0 radical (unpaired) electrons. The molecule has 0 unspecified atom stereocenters. The summed E-state index contributed by atoms with van der Waals surface area (Å²) in [6, 6.07) is 15.4. The Morgan fingerprint density at radius 3 is 2.61 bits per heavy atom. The SMILES string of the molecule is CCOc1ccc(-c2noc(CNc3ccc(N4CCCC4=O)cc3)n2)cc1. The van der Waals surface area contributed by atoms with Gasteiger partial charge in [-0.15, -0.1) is 0 Å². The molecular weight excluding hydrogens is 356 g/mol. The van der Waals surface area contributed by atoms with Gasteiger partial charge in [0.15, 0.2) is 0 Å². The van der Waals surface area contributed by atoms with Gasteiger partial charge in [0.25, 0.3) is 0 Å². The summed E-state index contributed by atoms with van der Waals surface area (Å²) in [5.41, 5.74) is 2.73. The van der Waals surface area contributed by atoms with Gasteiger partial charge >= 0.3 is 0 Å². The summed E-state index contributed by atoms with van der Waals surface area (Å²) in [5.74, 6) is 2.05. The third-order valence-corrected chi connectivity index (χ3v) is 4.59. The van der Waals surface area contributed by atoms with E-state index in [-0.39, 0.29) is 5.91 Å². The molecule has 0 bridgehead atoms. The molecule has 1 saturated heterocycles. The summed E-state index contributed by atoms with van der Waals surface area (Å²) in [4.78, 5) is 18.1. The lowest BCUT2D eigenvalue weighted by atomic mass is 10.2. The number of nitrogens with one attached hydrogen (secondary N) is 1. The van der Waals surface area contributed by atoms with Gasteiger partial charge in [-0.25, -0.2) is 0 Å². The van der Waals surface area contributed by atoms with Gasteiger partial charge in [0.2, 0.25) is 17.6 Å². The second kappa shape index (κ2) is 8.12. The largest absolute Gasteiger partial charge is 0.494 e. The fourth-order valence-electron chi connectivity index (χ4n) is 3.17. The van der Waals surface area contributed by atoms with Crippen molar-refractivity contribution in [2.24, 2.45) is 0 Å². The first-order valence-corrected chi connectivity index (χ1v) is 9.43. The lowest BCUT2D eigenvalue weighted by Gasteiger charge is -2.16. The molecule has 1 fully saturated rings. The van der Waals surface area contributed by atoms with Crippen molar-refractivity contribution in [3.8, 4) is 17.1 Å². The summed E-state index contributed by atoms with van der Waals surface area (Å²) in [5, 5.41) is 7.30. The van der Waals surface area contributed by atoms with Crippen LogP contribution in [0.5, 0.6) is 5.75 Å². The monoisotopic (exact) mass is 378 g/mol. The van der Waals surface area contributed by atoms with Gasteiger partial charge < -0.3 is 19.5 Å². The second-order valence-electron chi connectivity index (χ2n) is 6.52. The van der Waals surface area contributed by atoms with E-state index in [9.17, 15) is 4.79 Å². The second-order valence-corrected chi connectivity index (χ2v) is 6.52. The molecule has 0 spiro atoms. The number of nitrogens with zero attached hydrogens (tertiary/aromatic N) is 3. The van der Waals surface area contributed by atoms with Gasteiger partial charge in [-0.1, -0.05) is 5.16 Å². The van der Waals surface area contributed by atoms with E-state index in [0.29, 0.717) is 31.3 Å². The zero-order chi connectivity index (χ0) is 19.3. The Balaban J connectivity index is 1.36. The third-order valence-electron chi connectivity index (χ3n) is 4.59. The molecule has 0 atom stereocenters. The fourth-order valence-corrected chi connectivity index (χ4v) is 3.17. The lowest BCUT2D eigenvalue weighted by molar-refractivity contribution is -0.117. The molecule has 144 valence electrons. The van der Waals surface area contributed by atoms with Gasteiger partial charge in [-0.05, 0) is 61.9 Å². The van der Waals surface area contributed by atoms with Crippen LogP contribution in [0.25, 0.3) is 11.4 Å². The Labute approximate surface area is 163 Å². The first-order chi connectivity index (χ1) is 13.7. The van der Waals surface area contributed by atoms with Crippen molar-refractivity contribution in [2.75, 3.05) is 23.4 Å².